The number of hydrogen-bond acceptors (Lipinski definition) is 5. The highest BCUT2D eigenvalue weighted by atomic mass is 35.5. The first kappa shape index (κ1) is 26.7. The van der Waals surface area contributed by atoms with Crippen molar-refractivity contribution in [3.63, 3.8) is 0 Å². The molecule has 0 spiro atoms. The molecule has 11 heteroatoms. The van der Waals surface area contributed by atoms with Gasteiger partial charge in [0.25, 0.3) is 0 Å². The molecule has 3 saturated carbocycles. The number of hydrogen-bond donors (Lipinski definition) is 4. The van der Waals surface area contributed by atoms with Gasteiger partial charge >= 0.3 is 6.18 Å². The van der Waals surface area contributed by atoms with Gasteiger partial charge in [0.1, 0.15) is 24.4 Å². The van der Waals surface area contributed by atoms with Crippen LogP contribution in [0.1, 0.15) is 43.2 Å². The molecule has 196 valence electrons. The van der Waals surface area contributed by atoms with Crippen molar-refractivity contribution in [2.45, 2.75) is 62.7 Å². The van der Waals surface area contributed by atoms with E-state index in [0.717, 1.165) is 18.2 Å². The Morgan fingerprint density at radius 2 is 1.81 bits per heavy atom. The van der Waals surface area contributed by atoms with E-state index in [-0.39, 0.29) is 36.3 Å². The molecular weight excluding hydrogens is 504 g/mol. The lowest BCUT2D eigenvalue weighted by atomic mass is 9.55. The number of carbonyl (C=O) groups is 1. The van der Waals surface area contributed by atoms with Crippen molar-refractivity contribution in [1.82, 2.24) is 10.6 Å². The minimum atomic E-state index is -4.43. The van der Waals surface area contributed by atoms with E-state index in [1.165, 1.54) is 24.3 Å². The van der Waals surface area contributed by atoms with Crippen LogP contribution in [0.25, 0.3) is 0 Å². The standard InChI is InChI=1S/C25H27ClF4N2O4/c26-18-6-5-17(11-19(18)27)36-14-21(34)32-23-7-9-24(10-8-23,20(33)12-23)22(35)31-13-15-1-3-16(4-2-15)25(28,29)30/h1-6,11,20-21,32-34H,7-10,12-14H2,(H,31,35). The number of fused-ring (bicyclic) bond motifs is 3. The molecule has 6 nitrogen and oxygen atoms in total. The van der Waals surface area contributed by atoms with Gasteiger partial charge in [-0.15, -0.1) is 0 Å². The number of halogens is 5. The SMILES string of the molecule is O=C(NCc1ccc(C(F)(F)F)cc1)C12CCC(NC(O)COc3ccc(Cl)c(F)c3)(CC1)CC2O. The maximum absolute atomic E-state index is 13.6. The fourth-order valence-corrected chi connectivity index (χ4v) is 5.28. The predicted octanol–water partition coefficient (Wildman–Crippen LogP) is 4.16. The van der Waals surface area contributed by atoms with Gasteiger partial charge in [-0.3, -0.25) is 10.1 Å². The molecule has 5 rings (SSSR count). The molecule has 0 aliphatic heterocycles. The molecule has 2 atom stereocenters. The normalized spacial score (nSPS) is 26.5. The van der Waals surface area contributed by atoms with Crippen molar-refractivity contribution < 1.29 is 37.3 Å². The molecule has 0 saturated heterocycles. The van der Waals surface area contributed by atoms with Crippen molar-refractivity contribution in [2.75, 3.05) is 6.61 Å². The lowest BCUT2D eigenvalue weighted by Crippen LogP contribution is -2.66. The molecule has 3 fully saturated rings. The summed E-state index contributed by atoms with van der Waals surface area (Å²) < 4.78 is 57.2. The molecule has 3 aliphatic rings. The number of aliphatic hydroxyl groups is 2. The largest absolute Gasteiger partial charge is 0.489 e. The van der Waals surface area contributed by atoms with Gasteiger partial charge in [-0.1, -0.05) is 23.7 Å². The van der Waals surface area contributed by atoms with E-state index in [2.05, 4.69) is 10.6 Å². The number of alkyl halides is 3. The Hall–Kier alpha value is -2.40. The zero-order chi connectivity index (χ0) is 26.1. The molecule has 0 aromatic heterocycles. The Morgan fingerprint density at radius 1 is 1.14 bits per heavy atom. The molecule has 2 unspecified atom stereocenters. The van der Waals surface area contributed by atoms with Crippen LogP contribution < -0.4 is 15.4 Å². The van der Waals surface area contributed by atoms with Crippen molar-refractivity contribution in [3.05, 3.63) is 64.4 Å². The lowest BCUT2D eigenvalue weighted by molar-refractivity contribution is -0.157. The van der Waals surface area contributed by atoms with E-state index < -0.39 is 40.8 Å². The van der Waals surface area contributed by atoms with Crippen molar-refractivity contribution >= 4 is 17.5 Å². The maximum atomic E-state index is 13.6. The number of aliphatic hydroxyl groups excluding tert-OH is 2. The highest BCUT2D eigenvalue weighted by Crippen LogP contribution is 2.52. The summed E-state index contributed by atoms with van der Waals surface area (Å²) >= 11 is 5.65. The second-order valence-electron chi connectivity index (χ2n) is 9.58. The van der Waals surface area contributed by atoms with Gasteiger partial charge in [0.15, 0.2) is 0 Å². The van der Waals surface area contributed by atoms with E-state index in [1.54, 1.807) is 0 Å². The van der Waals surface area contributed by atoms with E-state index in [4.69, 9.17) is 16.3 Å². The Labute approximate surface area is 210 Å². The second kappa shape index (κ2) is 10.2. The molecule has 3 aliphatic carbocycles. The molecule has 2 aromatic rings. The summed E-state index contributed by atoms with van der Waals surface area (Å²) in [7, 11) is 0. The van der Waals surface area contributed by atoms with Gasteiger partial charge < -0.3 is 20.3 Å². The van der Waals surface area contributed by atoms with E-state index >= 15 is 0 Å². The van der Waals surface area contributed by atoms with Crippen LogP contribution in [-0.4, -0.2) is 40.6 Å². The van der Waals surface area contributed by atoms with E-state index in [9.17, 15) is 32.6 Å². The van der Waals surface area contributed by atoms with Crippen LogP contribution in [0.3, 0.4) is 0 Å². The monoisotopic (exact) mass is 530 g/mol. The van der Waals surface area contributed by atoms with Gasteiger partial charge in [-0.25, -0.2) is 4.39 Å². The van der Waals surface area contributed by atoms with Crippen molar-refractivity contribution in [1.29, 1.82) is 0 Å². The van der Waals surface area contributed by atoms with Crippen molar-refractivity contribution in [2.24, 2.45) is 5.41 Å². The average Bonchev–Trinajstić information content (AvgIpc) is 2.83. The number of amides is 1. The number of nitrogens with one attached hydrogen (secondary N) is 2. The summed E-state index contributed by atoms with van der Waals surface area (Å²) in [4.78, 5) is 13.0. The molecule has 0 heterocycles. The Bertz CT molecular complexity index is 1090. The first-order chi connectivity index (χ1) is 16.9. The Morgan fingerprint density at radius 3 is 2.39 bits per heavy atom. The summed E-state index contributed by atoms with van der Waals surface area (Å²) in [5.41, 5.74) is -1.81. The van der Waals surface area contributed by atoms with Crippen LogP contribution in [0, 0.1) is 11.2 Å². The third-order valence-corrected chi connectivity index (χ3v) is 7.59. The smallest absolute Gasteiger partial charge is 0.416 e. The molecule has 36 heavy (non-hydrogen) atoms. The Balaban J connectivity index is 1.30. The number of ether oxygens (including phenoxy) is 1. The lowest BCUT2D eigenvalue weighted by Gasteiger charge is -2.55. The summed E-state index contributed by atoms with van der Waals surface area (Å²) in [6.45, 7) is -0.103. The van der Waals surface area contributed by atoms with Gasteiger partial charge in [-0.2, -0.15) is 13.2 Å². The van der Waals surface area contributed by atoms with E-state index in [1.807, 2.05) is 0 Å². The molecule has 2 bridgehead atoms. The van der Waals surface area contributed by atoms with Crippen LogP contribution in [0.5, 0.6) is 5.75 Å². The average molecular weight is 531 g/mol. The summed E-state index contributed by atoms with van der Waals surface area (Å²) in [6.07, 6.45) is -4.40. The fourth-order valence-electron chi connectivity index (χ4n) is 5.17. The fraction of sp³-hybridized carbons (Fsp3) is 0.480. The third-order valence-electron chi connectivity index (χ3n) is 7.28. The van der Waals surface area contributed by atoms with Crippen LogP contribution in [0.4, 0.5) is 17.6 Å². The van der Waals surface area contributed by atoms with Crippen LogP contribution in [-0.2, 0) is 17.5 Å². The summed E-state index contributed by atoms with van der Waals surface area (Å²) in [5.74, 6) is -0.756. The van der Waals surface area contributed by atoms with Crippen LogP contribution >= 0.6 is 11.6 Å². The Kier molecular flexibility index (Phi) is 7.52. The molecule has 4 N–H and O–H groups in total. The number of carbonyl (C=O) groups excluding carboxylic acids is 1. The van der Waals surface area contributed by atoms with Crippen LogP contribution in [0.2, 0.25) is 5.02 Å². The second-order valence-corrected chi connectivity index (χ2v) is 9.99. The molecular formula is C25H27ClF4N2O4. The minimum Gasteiger partial charge on any atom is -0.489 e. The quantitative estimate of drug-likeness (QED) is 0.304. The maximum Gasteiger partial charge on any atom is 0.416 e. The zero-order valence-electron chi connectivity index (χ0n) is 19.2. The van der Waals surface area contributed by atoms with Crippen molar-refractivity contribution in [3.8, 4) is 5.75 Å². The predicted molar refractivity (Wildman–Crippen MR) is 124 cm³/mol. The van der Waals surface area contributed by atoms with Gasteiger partial charge in [0.2, 0.25) is 5.91 Å². The highest BCUT2D eigenvalue weighted by Gasteiger charge is 2.58. The topological polar surface area (TPSA) is 90.8 Å². The van der Waals surface area contributed by atoms with Gasteiger partial charge in [0.05, 0.1) is 22.1 Å². The van der Waals surface area contributed by atoms with Gasteiger partial charge in [-0.05, 0) is 61.9 Å². The van der Waals surface area contributed by atoms with Gasteiger partial charge in [0, 0.05) is 18.2 Å². The van der Waals surface area contributed by atoms with Crippen LogP contribution in [0.15, 0.2) is 42.5 Å². The first-order valence-electron chi connectivity index (χ1n) is 11.6. The summed E-state index contributed by atoms with van der Waals surface area (Å²) in [5, 5.41) is 27.2. The zero-order valence-corrected chi connectivity index (χ0v) is 20.0. The summed E-state index contributed by atoms with van der Waals surface area (Å²) in [6, 6.07) is 8.52. The number of rotatable bonds is 8. The minimum absolute atomic E-state index is 0.0369. The molecule has 2 aromatic carbocycles. The molecule has 0 radical (unpaired) electrons. The number of benzene rings is 2. The first-order valence-corrected chi connectivity index (χ1v) is 12.0. The van der Waals surface area contributed by atoms with E-state index in [0.29, 0.717) is 31.2 Å². The highest BCUT2D eigenvalue weighted by molar-refractivity contribution is 6.30. The molecule has 1 amide bonds. The third kappa shape index (κ3) is 5.61.